The summed E-state index contributed by atoms with van der Waals surface area (Å²) in [5, 5.41) is 3.96. The van der Waals surface area contributed by atoms with E-state index < -0.39 is 6.04 Å². The van der Waals surface area contributed by atoms with Gasteiger partial charge in [-0.2, -0.15) is 0 Å². The van der Waals surface area contributed by atoms with Gasteiger partial charge in [-0.05, 0) is 55.2 Å². The van der Waals surface area contributed by atoms with Crippen molar-refractivity contribution in [2.45, 2.75) is 69.0 Å². The van der Waals surface area contributed by atoms with Gasteiger partial charge in [-0.3, -0.25) is 9.59 Å². The fraction of sp³-hybridized carbons (Fsp3) is 0.355. The van der Waals surface area contributed by atoms with Gasteiger partial charge in [0, 0.05) is 41.1 Å². The molecule has 4 nitrogen and oxygen atoms in total. The van der Waals surface area contributed by atoms with Crippen molar-refractivity contribution in [3.8, 4) is 0 Å². The number of benzene rings is 3. The summed E-state index contributed by atoms with van der Waals surface area (Å²) in [7, 11) is 0. The van der Waals surface area contributed by atoms with Gasteiger partial charge in [-0.15, -0.1) is 11.8 Å². The molecule has 0 bridgehead atoms. The van der Waals surface area contributed by atoms with E-state index in [0.29, 0.717) is 30.2 Å². The van der Waals surface area contributed by atoms with Crippen LogP contribution in [0.2, 0.25) is 5.02 Å². The first-order valence-corrected chi connectivity index (χ1v) is 14.4. The second-order valence-corrected chi connectivity index (χ2v) is 11.4. The van der Waals surface area contributed by atoms with Gasteiger partial charge >= 0.3 is 0 Å². The highest BCUT2D eigenvalue weighted by Crippen LogP contribution is 2.23. The summed E-state index contributed by atoms with van der Waals surface area (Å²) in [5.74, 6) is 0.568. The summed E-state index contributed by atoms with van der Waals surface area (Å²) in [6, 6.07) is 25.5. The maximum absolute atomic E-state index is 13.7. The number of halogens is 1. The number of hydrogen-bond donors (Lipinski definition) is 1. The van der Waals surface area contributed by atoms with Crippen LogP contribution in [-0.2, 0) is 22.6 Å². The van der Waals surface area contributed by atoms with E-state index in [1.54, 1.807) is 16.7 Å². The van der Waals surface area contributed by atoms with Gasteiger partial charge in [0.2, 0.25) is 11.8 Å². The topological polar surface area (TPSA) is 49.4 Å². The van der Waals surface area contributed by atoms with Crippen molar-refractivity contribution in [2.75, 3.05) is 5.75 Å². The molecule has 0 saturated heterocycles. The maximum Gasteiger partial charge on any atom is 0.243 e. The molecule has 2 amide bonds. The molecule has 37 heavy (non-hydrogen) atoms. The van der Waals surface area contributed by atoms with Crippen molar-refractivity contribution in [1.82, 2.24) is 10.2 Å². The molecule has 194 valence electrons. The van der Waals surface area contributed by atoms with E-state index in [2.05, 4.69) is 17.4 Å². The van der Waals surface area contributed by atoms with Crippen LogP contribution < -0.4 is 5.32 Å². The van der Waals surface area contributed by atoms with Crippen LogP contribution in [0, 0.1) is 6.92 Å². The lowest BCUT2D eigenvalue weighted by Gasteiger charge is -2.32. The number of rotatable bonds is 11. The molecule has 3 aromatic carbocycles. The van der Waals surface area contributed by atoms with Crippen molar-refractivity contribution >= 4 is 35.2 Å². The van der Waals surface area contributed by atoms with E-state index in [4.69, 9.17) is 11.6 Å². The molecule has 0 unspecified atom stereocenters. The standard InChI is InChI=1S/C31H35ClN2O2S/c1-23-11-13-25(14-12-23)22-34(30(35)19-20-37-28-17-15-26(32)16-18-28)29(21-24-7-3-2-4-8-24)31(36)33-27-9-5-6-10-27/h2-4,7-8,11-18,27,29H,5-6,9-10,19-22H2,1H3,(H,33,36)/t29-/m1/s1. The highest BCUT2D eigenvalue weighted by atomic mass is 35.5. The zero-order valence-electron chi connectivity index (χ0n) is 21.4. The molecule has 6 heteroatoms. The molecule has 1 saturated carbocycles. The van der Waals surface area contributed by atoms with Crippen LogP contribution >= 0.6 is 23.4 Å². The van der Waals surface area contributed by atoms with Crippen molar-refractivity contribution in [3.05, 3.63) is 101 Å². The average molecular weight is 535 g/mol. The van der Waals surface area contributed by atoms with Gasteiger partial charge in [0.1, 0.15) is 6.04 Å². The molecule has 1 fully saturated rings. The average Bonchev–Trinajstić information content (AvgIpc) is 3.42. The second-order valence-electron chi connectivity index (χ2n) is 9.76. The number of carbonyl (C=O) groups excluding carboxylic acids is 2. The third-order valence-electron chi connectivity index (χ3n) is 6.84. The Balaban J connectivity index is 1.55. The second kappa shape index (κ2) is 13.7. The fourth-order valence-corrected chi connectivity index (χ4v) is 5.71. The Morgan fingerprint density at radius 2 is 1.62 bits per heavy atom. The number of hydrogen-bond acceptors (Lipinski definition) is 3. The van der Waals surface area contributed by atoms with Crippen LogP contribution in [0.4, 0.5) is 0 Å². The molecule has 1 aliphatic rings. The van der Waals surface area contributed by atoms with Gasteiger partial charge in [-0.1, -0.05) is 84.6 Å². The van der Waals surface area contributed by atoms with Crippen LogP contribution in [0.3, 0.4) is 0 Å². The molecular weight excluding hydrogens is 500 g/mol. The Morgan fingerprint density at radius 1 is 0.946 bits per heavy atom. The maximum atomic E-state index is 13.7. The lowest BCUT2D eigenvalue weighted by atomic mass is 10.0. The van der Waals surface area contributed by atoms with Crippen molar-refractivity contribution in [1.29, 1.82) is 0 Å². The Kier molecular flexibility index (Phi) is 10.1. The normalized spacial score (nSPS) is 14.3. The molecule has 0 radical (unpaired) electrons. The number of amides is 2. The predicted octanol–water partition coefficient (Wildman–Crippen LogP) is 6.83. The molecule has 3 aromatic rings. The van der Waals surface area contributed by atoms with E-state index in [0.717, 1.165) is 41.7 Å². The first-order chi connectivity index (χ1) is 18.0. The minimum atomic E-state index is -0.572. The molecule has 1 atom stereocenters. The van der Waals surface area contributed by atoms with Gasteiger partial charge in [0.05, 0.1) is 0 Å². The molecule has 1 N–H and O–H groups in total. The molecular formula is C31H35ClN2O2S. The van der Waals surface area contributed by atoms with Gasteiger partial charge in [0.15, 0.2) is 0 Å². The summed E-state index contributed by atoms with van der Waals surface area (Å²) in [6.07, 6.45) is 5.13. The Labute approximate surface area is 229 Å². The number of aryl methyl sites for hydroxylation is 1. The number of thioether (sulfide) groups is 1. The highest BCUT2D eigenvalue weighted by Gasteiger charge is 2.32. The molecule has 0 heterocycles. The first-order valence-electron chi connectivity index (χ1n) is 13.1. The lowest BCUT2D eigenvalue weighted by Crippen LogP contribution is -2.52. The summed E-state index contributed by atoms with van der Waals surface area (Å²) in [6.45, 7) is 2.45. The van der Waals surface area contributed by atoms with Crippen LogP contribution in [0.5, 0.6) is 0 Å². The number of carbonyl (C=O) groups is 2. The van der Waals surface area contributed by atoms with Crippen LogP contribution in [-0.4, -0.2) is 34.6 Å². The van der Waals surface area contributed by atoms with Crippen molar-refractivity contribution in [3.63, 3.8) is 0 Å². The smallest absolute Gasteiger partial charge is 0.243 e. The zero-order chi connectivity index (χ0) is 26.0. The summed E-state index contributed by atoms with van der Waals surface area (Å²) >= 11 is 7.63. The number of nitrogens with zero attached hydrogens (tertiary/aromatic N) is 1. The minimum absolute atomic E-state index is 0.00968. The van der Waals surface area contributed by atoms with Crippen LogP contribution in [0.15, 0.2) is 83.8 Å². The SMILES string of the molecule is Cc1ccc(CN(C(=O)CCSc2ccc(Cl)cc2)[C@H](Cc2ccccc2)C(=O)NC2CCCC2)cc1. The van der Waals surface area contributed by atoms with E-state index in [9.17, 15) is 9.59 Å². The molecule has 4 rings (SSSR count). The number of nitrogens with one attached hydrogen (secondary N) is 1. The molecule has 1 aliphatic carbocycles. The van der Waals surface area contributed by atoms with Gasteiger partial charge < -0.3 is 10.2 Å². The van der Waals surface area contributed by atoms with Crippen LogP contribution in [0.1, 0.15) is 48.8 Å². The highest BCUT2D eigenvalue weighted by molar-refractivity contribution is 7.99. The summed E-state index contributed by atoms with van der Waals surface area (Å²) in [4.78, 5) is 30.3. The van der Waals surface area contributed by atoms with Crippen molar-refractivity contribution < 1.29 is 9.59 Å². The minimum Gasteiger partial charge on any atom is -0.352 e. The Bertz CT molecular complexity index is 1150. The Morgan fingerprint density at radius 3 is 2.30 bits per heavy atom. The monoisotopic (exact) mass is 534 g/mol. The van der Waals surface area contributed by atoms with E-state index >= 15 is 0 Å². The molecule has 0 aromatic heterocycles. The molecule has 0 aliphatic heterocycles. The zero-order valence-corrected chi connectivity index (χ0v) is 22.9. The summed E-state index contributed by atoms with van der Waals surface area (Å²) in [5.41, 5.74) is 3.24. The van der Waals surface area contributed by atoms with Gasteiger partial charge in [0.25, 0.3) is 0 Å². The summed E-state index contributed by atoms with van der Waals surface area (Å²) < 4.78 is 0. The quantitative estimate of drug-likeness (QED) is 0.274. The third-order valence-corrected chi connectivity index (χ3v) is 8.11. The molecule has 0 spiro atoms. The van der Waals surface area contributed by atoms with Gasteiger partial charge in [-0.25, -0.2) is 0 Å². The van der Waals surface area contributed by atoms with Crippen LogP contribution in [0.25, 0.3) is 0 Å². The largest absolute Gasteiger partial charge is 0.352 e. The van der Waals surface area contributed by atoms with E-state index in [-0.39, 0.29) is 17.9 Å². The van der Waals surface area contributed by atoms with Crippen molar-refractivity contribution in [2.24, 2.45) is 0 Å². The first kappa shape index (κ1) is 27.3. The third kappa shape index (κ3) is 8.37. The lowest BCUT2D eigenvalue weighted by molar-refractivity contribution is -0.141. The van der Waals surface area contributed by atoms with E-state index in [1.807, 2.05) is 73.7 Å². The van der Waals surface area contributed by atoms with E-state index in [1.165, 1.54) is 5.56 Å². The Hall–Kier alpha value is -2.76. The predicted molar refractivity (Wildman–Crippen MR) is 153 cm³/mol. The fourth-order valence-electron chi connectivity index (χ4n) is 4.74.